The predicted octanol–water partition coefficient (Wildman–Crippen LogP) is 1.66. The molecule has 0 aliphatic rings. The maximum absolute atomic E-state index is 11.1. The molecular formula is C9H15N3OS. The van der Waals surface area contributed by atoms with Gasteiger partial charge in [-0.25, -0.2) is 9.78 Å². The summed E-state index contributed by atoms with van der Waals surface area (Å²) in [6, 6.07) is -0.125. The lowest BCUT2D eigenvalue weighted by atomic mass is 10.5. The van der Waals surface area contributed by atoms with E-state index in [4.69, 9.17) is 0 Å². The molecular weight excluding hydrogens is 198 g/mol. The number of rotatable bonds is 4. The van der Waals surface area contributed by atoms with Gasteiger partial charge in [-0.3, -0.25) is 0 Å². The van der Waals surface area contributed by atoms with Gasteiger partial charge in [0.2, 0.25) is 0 Å². The molecule has 0 fully saturated rings. The van der Waals surface area contributed by atoms with E-state index in [0.29, 0.717) is 13.1 Å². The summed E-state index contributed by atoms with van der Waals surface area (Å²) in [7, 11) is 0. The van der Waals surface area contributed by atoms with E-state index in [1.165, 1.54) is 0 Å². The Balaban J connectivity index is 2.23. The fourth-order valence-electron chi connectivity index (χ4n) is 0.941. The van der Waals surface area contributed by atoms with E-state index in [9.17, 15) is 4.79 Å². The third-order valence-corrected chi connectivity index (χ3v) is 2.57. The van der Waals surface area contributed by atoms with Gasteiger partial charge in [0.15, 0.2) is 0 Å². The van der Waals surface area contributed by atoms with Crippen LogP contribution in [-0.4, -0.2) is 17.6 Å². The Morgan fingerprint density at radius 2 is 2.36 bits per heavy atom. The van der Waals surface area contributed by atoms with Crippen molar-refractivity contribution in [1.82, 2.24) is 15.6 Å². The first-order valence-corrected chi connectivity index (χ1v) is 5.53. The number of thiazole rings is 1. The number of nitrogens with zero attached hydrogens (tertiary/aromatic N) is 1. The molecule has 2 N–H and O–H groups in total. The normalized spacial score (nSPS) is 9.86. The van der Waals surface area contributed by atoms with E-state index < -0.39 is 0 Å². The van der Waals surface area contributed by atoms with Gasteiger partial charge in [0.1, 0.15) is 5.01 Å². The van der Waals surface area contributed by atoms with Crippen molar-refractivity contribution in [3.05, 3.63) is 16.1 Å². The van der Waals surface area contributed by atoms with Crippen LogP contribution in [0.3, 0.4) is 0 Å². The van der Waals surface area contributed by atoms with Crippen LogP contribution < -0.4 is 10.6 Å². The lowest BCUT2D eigenvalue weighted by Gasteiger charge is -2.03. The summed E-state index contributed by atoms with van der Waals surface area (Å²) in [4.78, 5) is 15.4. The lowest BCUT2D eigenvalue weighted by Crippen LogP contribution is -2.35. The Bertz CT molecular complexity index is 298. The number of aryl methyl sites for hydroxylation is 1. The number of hydrogen-bond acceptors (Lipinski definition) is 3. The maximum Gasteiger partial charge on any atom is 0.315 e. The zero-order chi connectivity index (χ0) is 10.4. The standard InChI is InChI=1S/C9H15N3OS/c1-3-4-10-9(13)11-5-8-12-7(2)6-14-8/h6H,3-5H2,1-2H3,(H2,10,11,13). The van der Waals surface area contributed by atoms with Crippen LogP contribution in [0.15, 0.2) is 5.38 Å². The summed E-state index contributed by atoms with van der Waals surface area (Å²) in [6.45, 7) is 5.18. The van der Waals surface area contributed by atoms with Crippen LogP contribution in [0.25, 0.3) is 0 Å². The summed E-state index contributed by atoms with van der Waals surface area (Å²) in [5.41, 5.74) is 1.00. The molecule has 14 heavy (non-hydrogen) atoms. The molecule has 1 rings (SSSR count). The molecule has 0 atom stereocenters. The minimum atomic E-state index is -0.125. The number of aromatic nitrogens is 1. The lowest BCUT2D eigenvalue weighted by molar-refractivity contribution is 0.240. The van der Waals surface area contributed by atoms with Gasteiger partial charge >= 0.3 is 6.03 Å². The SMILES string of the molecule is CCCNC(=O)NCc1nc(C)cs1. The van der Waals surface area contributed by atoms with Crippen LogP contribution in [0.2, 0.25) is 0 Å². The highest BCUT2D eigenvalue weighted by Gasteiger charge is 2.01. The van der Waals surface area contributed by atoms with Crippen LogP contribution in [-0.2, 0) is 6.54 Å². The van der Waals surface area contributed by atoms with Gasteiger partial charge in [-0.15, -0.1) is 11.3 Å². The van der Waals surface area contributed by atoms with Crippen LogP contribution in [0.5, 0.6) is 0 Å². The third-order valence-electron chi connectivity index (χ3n) is 1.60. The number of carbonyl (C=O) groups is 1. The fraction of sp³-hybridized carbons (Fsp3) is 0.556. The Labute approximate surface area is 87.7 Å². The van der Waals surface area contributed by atoms with Crippen LogP contribution in [0, 0.1) is 6.92 Å². The van der Waals surface area contributed by atoms with E-state index in [1.807, 2.05) is 19.2 Å². The Morgan fingerprint density at radius 1 is 1.57 bits per heavy atom. The van der Waals surface area contributed by atoms with Gasteiger partial charge in [0.25, 0.3) is 0 Å². The number of carbonyl (C=O) groups excluding carboxylic acids is 1. The van der Waals surface area contributed by atoms with Gasteiger partial charge in [-0.05, 0) is 13.3 Å². The molecule has 0 radical (unpaired) electrons. The van der Waals surface area contributed by atoms with Gasteiger partial charge in [0.05, 0.1) is 6.54 Å². The Morgan fingerprint density at radius 3 is 2.93 bits per heavy atom. The molecule has 2 amide bonds. The van der Waals surface area contributed by atoms with E-state index in [2.05, 4.69) is 15.6 Å². The summed E-state index contributed by atoms with van der Waals surface area (Å²) >= 11 is 1.56. The van der Waals surface area contributed by atoms with E-state index >= 15 is 0 Å². The van der Waals surface area contributed by atoms with Crippen molar-refractivity contribution in [2.45, 2.75) is 26.8 Å². The highest BCUT2D eigenvalue weighted by Crippen LogP contribution is 2.07. The van der Waals surface area contributed by atoms with Crippen molar-refractivity contribution in [3.63, 3.8) is 0 Å². The van der Waals surface area contributed by atoms with Crippen molar-refractivity contribution in [1.29, 1.82) is 0 Å². The smallest absolute Gasteiger partial charge is 0.315 e. The summed E-state index contributed by atoms with van der Waals surface area (Å²) < 4.78 is 0. The molecule has 0 unspecified atom stereocenters. The van der Waals surface area contributed by atoms with Gasteiger partial charge in [-0.2, -0.15) is 0 Å². The second-order valence-corrected chi connectivity index (χ2v) is 3.93. The van der Waals surface area contributed by atoms with Crippen molar-refractivity contribution in [2.24, 2.45) is 0 Å². The minimum absolute atomic E-state index is 0.125. The number of nitrogens with one attached hydrogen (secondary N) is 2. The molecule has 78 valence electrons. The van der Waals surface area contributed by atoms with Crippen molar-refractivity contribution in [2.75, 3.05) is 6.54 Å². The van der Waals surface area contributed by atoms with Crippen LogP contribution in [0.4, 0.5) is 4.79 Å². The zero-order valence-corrected chi connectivity index (χ0v) is 9.28. The molecule has 0 bridgehead atoms. The van der Waals surface area contributed by atoms with Gasteiger partial charge in [0, 0.05) is 17.6 Å². The van der Waals surface area contributed by atoms with Crippen molar-refractivity contribution in [3.8, 4) is 0 Å². The fourth-order valence-corrected chi connectivity index (χ4v) is 1.65. The topological polar surface area (TPSA) is 54.0 Å². The molecule has 5 heteroatoms. The number of amides is 2. The van der Waals surface area contributed by atoms with Gasteiger partial charge in [-0.1, -0.05) is 6.92 Å². The number of hydrogen-bond donors (Lipinski definition) is 2. The predicted molar refractivity (Wildman–Crippen MR) is 57.4 cm³/mol. The molecule has 1 aromatic rings. The van der Waals surface area contributed by atoms with Crippen LogP contribution >= 0.6 is 11.3 Å². The summed E-state index contributed by atoms with van der Waals surface area (Å²) in [6.07, 6.45) is 0.948. The monoisotopic (exact) mass is 213 g/mol. The Hall–Kier alpha value is -1.10. The average Bonchev–Trinajstić information content (AvgIpc) is 2.58. The number of urea groups is 1. The quantitative estimate of drug-likeness (QED) is 0.799. The molecule has 0 aromatic carbocycles. The highest BCUT2D eigenvalue weighted by molar-refractivity contribution is 7.09. The highest BCUT2D eigenvalue weighted by atomic mass is 32.1. The molecule has 0 saturated heterocycles. The Kier molecular flexibility index (Phi) is 4.39. The molecule has 1 aromatic heterocycles. The second-order valence-electron chi connectivity index (χ2n) is 2.99. The minimum Gasteiger partial charge on any atom is -0.338 e. The summed E-state index contributed by atoms with van der Waals surface area (Å²) in [5, 5.41) is 8.39. The average molecular weight is 213 g/mol. The first-order valence-electron chi connectivity index (χ1n) is 4.65. The van der Waals surface area contributed by atoms with E-state index in [-0.39, 0.29) is 6.03 Å². The van der Waals surface area contributed by atoms with E-state index in [0.717, 1.165) is 17.1 Å². The van der Waals surface area contributed by atoms with Crippen LogP contribution in [0.1, 0.15) is 24.0 Å². The van der Waals surface area contributed by atoms with Crippen molar-refractivity contribution >= 4 is 17.4 Å². The van der Waals surface area contributed by atoms with E-state index in [1.54, 1.807) is 11.3 Å². The molecule has 0 aliphatic carbocycles. The largest absolute Gasteiger partial charge is 0.338 e. The first kappa shape index (κ1) is 11.0. The first-order chi connectivity index (χ1) is 6.72. The second kappa shape index (κ2) is 5.59. The zero-order valence-electron chi connectivity index (χ0n) is 8.46. The molecule has 4 nitrogen and oxygen atoms in total. The van der Waals surface area contributed by atoms with Crippen molar-refractivity contribution < 1.29 is 4.79 Å². The molecule has 0 saturated carbocycles. The summed E-state index contributed by atoms with van der Waals surface area (Å²) in [5.74, 6) is 0. The molecule has 0 spiro atoms. The maximum atomic E-state index is 11.1. The van der Waals surface area contributed by atoms with Gasteiger partial charge < -0.3 is 10.6 Å². The molecule has 0 aliphatic heterocycles. The third kappa shape index (κ3) is 3.74. The molecule has 1 heterocycles.